The highest BCUT2D eigenvalue weighted by Crippen LogP contribution is 2.21. The van der Waals surface area contributed by atoms with Gasteiger partial charge >= 0.3 is 6.18 Å². The molecule has 0 saturated carbocycles. The van der Waals surface area contributed by atoms with Crippen molar-refractivity contribution in [3.05, 3.63) is 35.1 Å². The molecule has 28 heavy (non-hydrogen) atoms. The Morgan fingerprint density at radius 1 is 1.14 bits per heavy atom. The third-order valence-electron chi connectivity index (χ3n) is 4.16. The Balaban J connectivity index is 1.94. The molecule has 154 valence electrons. The van der Waals surface area contributed by atoms with Crippen molar-refractivity contribution < 1.29 is 31.1 Å². The topological polar surface area (TPSA) is 97.3 Å². The molecule has 0 aliphatic carbocycles. The van der Waals surface area contributed by atoms with E-state index in [1.165, 1.54) is 0 Å². The minimum absolute atomic E-state index is 0.161. The average Bonchev–Trinajstić information content (AvgIpc) is 2.58. The monoisotopic (exact) mass is 409 g/mol. The van der Waals surface area contributed by atoms with Crippen LogP contribution >= 0.6 is 0 Å². The second-order valence-electron chi connectivity index (χ2n) is 6.29. The molecule has 12 heteroatoms. The van der Waals surface area contributed by atoms with Crippen molar-refractivity contribution in [2.75, 3.05) is 19.6 Å². The van der Waals surface area contributed by atoms with Crippen molar-refractivity contribution in [1.29, 1.82) is 10.8 Å². The molecule has 0 bridgehead atoms. The molecule has 1 heterocycles. The Morgan fingerprint density at radius 3 is 2.32 bits per heavy atom. The van der Waals surface area contributed by atoms with Crippen LogP contribution in [0.15, 0.2) is 12.1 Å². The number of nitrogens with one attached hydrogen (secondary N) is 2. The molecule has 1 fully saturated rings. The maximum absolute atomic E-state index is 13.6. The van der Waals surface area contributed by atoms with Crippen molar-refractivity contribution in [2.45, 2.75) is 25.1 Å². The lowest BCUT2D eigenvalue weighted by Crippen LogP contribution is -2.56. The highest BCUT2D eigenvalue weighted by molar-refractivity contribution is 6.02. The highest BCUT2D eigenvalue weighted by atomic mass is 19.4. The van der Waals surface area contributed by atoms with Crippen LogP contribution in [0.2, 0.25) is 0 Å². The fourth-order valence-corrected chi connectivity index (χ4v) is 2.74. The van der Waals surface area contributed by atoms with Crippen molar-refractivity contribution >= 4 is 17.6 Å². The number of carbonyl (C=O) groups is 1. The number of halogens is 6. The second-order valence-corrected chi connectivity index (χ2v) is 6.29. The van der Waals surface area contributed by atoms with Gasteiger partial charge < -0.3 is 15.5 Å². The Labute approximate surface area is 155 Å². The van der Waals surface area contributed by atoms with Crippen LogP contribution in [0.5, 0.6) is 0 Å². The van der Waals surface area contributed by atoms with Crippen LogP contribution in [-0.2, 0) is 11.2 Å². The Morgan fingerprint density at radius 2 is 1.75 bits per heavy atom. The molecule has 1 aromatic carbocycles. The predicted octanol–water partition coefficient (Wildman–Crippen LogP) is 2.02. The summed E-state index contributed by atoms with van der Waals surface area (Å²) in [5.74, 6) is -6.46. The van der Waals surface area contributed by atoms with E-state index in [4.69, 9.17) is 16.6 Å². The molecule has 0 radical (unpaired) electrons. The molecule has 1 amide bonds. The summed E-state index contributed by atoms with van der Waals surface area (Å²) >= 11 is 0. The lowest BCUT2D eigenvalue weighted by Gasteiger charge is -2.37. The lowest BCUT2D eigenvalue weighted by atomic mass is 10.0. The van der Waals surface area contributed by atoms with E-state index in [9.17, 15) is 31.1 Å². The normalized spacial score (nSPS) is 16.3. The summed E-state index contributed by atoms with van der Waals surface area (Å²) in [4.78, 5) is 13.8. The highest BCUT2D eigenvalue weighted by Gasteiger charge is 2.41. The van der Waals surface area contributed by atoms with Gasteiger partial charge in [0.05, 0.1) is 6.54 Å². The van der Waals surface area contributed by atoms with Crippen LogP contribution in [0, 0.1) is 28.3 Å². The smallest absolute Gasteiger partial charge is 0.333 e. The quantitative estimate of drug-likeness (QED) is 0.307. The van der Waals surface area contributed by atoms with Gasteiger partial charge in [0.2, 0.25) is 11.7 Å². The van der Waals surface area contributed by atoms with Gasteiger partial charge in [-0.2, -0.15) is 13.2 Å². The Kier molecular flexibility index (Phi) is 6.32. The molecule has 1 atom stereocenters. The number of piperazine rings is 1. The minimum Gasteiger partial charge on any atom is -0.333 e. The maximum Gasteiger partial charge on any atom is 0.449 e. The Hall–Kier alpha value is -2.63. The van der Waals surface area contributed by atoms with Gasteiger partial charge in [-0.05, 0) is 18.1 Å². The first-order valence-electron chi connectivity index (χ1n) is 8.07. The molecule has 1 saturated heterocycles. The molecule has 1 aliphatic rings. The van der Waals surface area contributed by atoms with Gasteiger partial charge in [0, 0.05) is 31.6 Å². The third-order valence-corrected chi connectivity index (χ3v) is 4.16. The molecular formula is C16H17F6N5O. The van der Waals surface area contributed by atoms with Crippen LogP contribution in [0.4, 0.5) is 26.3 Å². The van der Waals surface area contributed by atoms with E-state index in [-0.39, 0.29) is 31.5 Å². The third kappa shape index (κ3) is 5.00. The summed E-state index contributed by atoms with van der Waals surface area (Å²) in [7, 11) is 0. The molecule has 1 aromatic rings. The fourth-order valence-electron chi connectivity index (χ4n) is 2.74. The van der Waals surface area contributed by atoms with Crippen LogP contribution < -0.4 is 5.73 Å². The van der Waals surface area contributed by atoms with Gasteiger partial charge in [-0.25, -0.2) is 13.2 Å². The second kappa shape index (κ2) is 8.17. The number of amidine groups is 2. The number of nitrogens with two attached hydrogens (primary N) is 1. The van der Waals surface area contributed by atoms with Crippen molar-refractivity contribution in [3.63, 3.8) is 0 Å². The van der Waals surface area contributed by atoms with Crippen LogP contribution in [0.3, 0.4) is 0 Å². The zero-order chi connectivity index (χ0) is 21.2. The molecule has 2 rings (SSSR count). The Bertz CT molecular complexity index is 796. The standard InChI is InChI=1S/C16H17F6N5O/c17-10-6-12(19)11(18)4-8(10)3-9(23)5-14(28)26-1-2-27(13(24)7-26)15(25)16(20,21)22/h4,6,9,24-25H,1-3,5,7,23H2/t9-/m1/s1. The maximum atomic E-state index is 13.6. The summed E-state index contributed by atoms with van der Waals surface area (Å²) in [5, 5.41) is 14.7. The van der Waals surface area contributed by atoms with Gasteiger partial charge in [0.15, 0.2) is 11.6 Å². The number of nitrogens with zero attached hydrogens (tertiary/aromatic N) is 2. The van der Waals surface area contributed by atoms with Crippen LogP contribution in [0.25, 0.3) is 0 Å². The van der Waals surface area contributed by atoms with Gasteiger partial charge in [0.25, 0.3) is 0 Å². The van der Waals surface area contributed by atoms with E-state index in [0.717, 1.165) is 4.90 Å². The molecule has 1 aliphatic heterocycles. The number of hydrogen-bond acceptors (Lipinski definition) is 4. The molecular weight excluding hydrogens is 392 g/mol. The number of benzene rings is 1. The summed E-state index contributed by atoms with van der Waals surface area (Å²) in [5.41, 5.74) is 5.55. The number of hydrogen-bond donors (Lipinski definition) is 3. The van der Waals surface area contributed by atoms with E-state index in [0.29, 0.717) is 17.0 Å². The van der Waals surface area contributed by atoms with Crippen molar-refractivity contribution in [1.82, 2.24) is 9.80 Å². The first-order valence-corrected chi connectivity index (χ1v) is 8.07. The fraction of sp³-hybridized carbons (Fsp3) is 0.438. The molecule has 6 nitrogen and oxygen atoms in total. The van der Waals surface area contributed by atoms with Gasteiger partial charge in [-0.1, -0.05) is 0 Å². The van der Waals surface area contributed by atoms with E-state index in [1.807, 2.05) is 0 Å². The summed E-state index contributed by atoms with van der Waals surface area (Å²) < 4.78 is 77.5. The van der Waals surface area contributed by atoms with Crippen molar-refractivity contribution in [2.24, 2.45) is 5.73 Å². The van der Waals surface area contributed by atoms with E-state index in [2.05, 4.69) is 0 Å². The molecule has 0 spiro atoms. The summed E-state index contributed by atoms with van der Waals surface area (Å²) in [6.07, 6.45) is -5.50. The lowest BCUT2D eigenvalue weighted by molar-refractivity contribution is -0.131. The van der Waals surface area contributed by atoms with Crippen molar-refractivity contribution in [3.8, 4) is 0 Å². The minimum atomic E-state index is -4.91. The molecule has 4 N–H and O–H groups in total. The number of rotatable bonds is 4. The number of alkyl halides is 3. The van der Waals surface area contributed by atoms with Gasteiger partial charge in [-0.15, -0.1) is 0 Å². The number of carbonyl (C=O) groups excluding carboxylic acids is 1. The molecule has 0 unspecified atom stereocenters. The van der Waals surface area contributed by atoms with Crippen LogP contribution in [-0.4, -0.2) is 59.2 Å². The molecule has 0 aromatic heterocycles. The first kappa shape index (κ1) is 21.7. The zero-order valence-corrected chi connectivity index (χ0v) is 14.4. The SMILES string of the molecule is N=C1CN(C(=O)C[C@H](N)Cc2cc(F)c(F)cc2F)CCN1C(=N)C(F)(F)F. The number of amides is 1. The van der Waals surface area contributed by atoms with Gasteiger partial charge in [0.1, 0.15) is 11.7 Å². The predicted molar refractivity (Wildman–Crippen MR) is 87.4 cm³/mol. The first-order chi connectivity index (χ1) is 12.9. The van der Waals surface area contributed by atoms with Crippen LogP contribution in [0.1, 0.15) is 12.0 Å². The summed E-state index contributed by atoms with van der Waals surface area (Å²) in [6, 6.07) is 0.0641. The van der Waals surface area contributed by atoms with E-state index in [1.54, 1.807) is 0 Å². The van der Waals surface area contributed by atoms with Gasteiger partial charge in [-0.3, -0.25) is 15.6 Å². The largest absolute Gasteiger partial charge is 0.449 e. The van der Waals surface area contributed by atoms with E-state index < -0.39 is 53.8 Å². The average molecular weight is 409 g/mol. The zero-order valence-electron chi connectivity index (χ0n) is 14.4. The van der Waals surface area contributed by atoms with E-state index >= 15 is 0 Å². The summed E-state index contributed by atoms with van der Waals surface area (Å²) in [6.45, 7) is -0.981.